The normalized spacial score (nSPS) is 16.5. The Kier molecular flexibility index (Phi) is 4.08. The minimum Gasteiger partial charge on any atom is -0.351 e. The van der Waals surface area contributed by atoms with E-state index >= 15 is 0 Å². The minimum absolute atomic E-state index is 0.417. The van der Waals surface area contributed by atoms with Gasteiger partial charge in [-0.1, -0.05) is 6.07 Å². The van der Waals surface area contributed by atoms with Crippen LogP contribution in [-0.4, -0.2) is 48.5 Å². The van der Waals surface area contributed by atoms with Crippen molar-refractivity contribution < 1.29 is 0 Å². The molecule has 0 saturated carbocycles. The molecule has 1 N–H and O–H groups in total. The Hall–Kier alpha value is -2.54. The summed E-state index contributed by atoms with van der Waals surface area (Å²) >= 11 is 0. The van der Waals surface area contributed by atoms with E-state index in [9.17, 15) is 0 Å². The van der Waals surface area contributed by atoms with Gasteiger partial charge in [-0.3, -0.25) is 9.88 Å². The van der Waals surface area contributed by atoms with Gasteiger partial charge < -0.3 is 9.88 Å². The predicted molar refractivity (Wildman–Crippen MR) is 92.5 cm³/mol. The molecule has 0 unspecified atom stereocenters. The largest absolute Gasteiger partial charge is 0.351 e. The van der Waals surface area contributed by atoms with Crippen molar-refractivity contribution in [3.8, 4) is 0 Å². The quantitative estimate of drug-likeness (QED) is 0.790. The number of imidazole rings is 1. The number of piperidine rings is 1. The zero-order chi connectivity index (χ0) is 16.4. The zero-order valence-electron chi connectivity index (χ0n) is 13.8. The molecule has 0 radical (unpaired) electrons. The summed E-state index contributed by atoms with van der Waals surface area (Å²) in [6.07, 6.45) is 9.49. The number of fused-ring (bicyclic) bond motifs is 1. The third-order valence-electron chi connectivity index (χ3n) is 4.50. The van der Waals surface area contributed by atoms with E-state index in [0.717, 1.165) is 43.6 Å². The van der Waals surface area contributed by atoms with Crippen LogP contribution in [-0.2, 0) is 13.6 Å². The third-order valence-corrected chi connectivity index (χ3v) is 4.50. The maximum absolute atomic E-state index is 4.57. The van der Waals surface area contributed by atoms with Crippen molar-refractivity contribution in [1.29, 1.82) is 0 Å². The molecule has 24 heavy (non-hydrogen) atoms. The lowest BCUT2D eigenvalue weighted by Gasteiger charge is -2.32. The van der Waals surface area contributed by atoms with Crippen molar-refractivity contribution in [2.45, 2.75) is 25.4 Å². The van der Waals surface area contributed by atoms with Crippen LogP contribution in [0.15, 0.2) is 37.1 Å². The summed E-state index contributed by atoms with van der Waals surface area (Å²) in [4.78, 5) is 19.9. The predicted octanol–water partition coefficient (Wildman–Crippen LogP) is 1.83. The van der Waals surface area contributed by atoms with Gasteiger partial charge in [-0.15, -0.1) is 0 Å². The number of hydrogen-bond donors (Lipinski definition) is 1. The number of aryl methyl sites for hydroxylation is 1. The van der Waals surface area contributed by atoms with E-state index in [1.54, 1.807) is 12.5 Å². The van der Waals surface area contributed by atoms with Crippen molar-refractivity contribution in [1.82, 2.24) is 29.4 Å². The summed E-state index contributed by atoms with van der Waals surface area (Å²) in [5.74, 6) is 0.691. The molecular formula is C17H21N7. The summed E-state index contributed by atoms with van der Waals surface area (Å²) in [7, 11) is 1.95. The molecule has 1 saturated heterocycles. The number of rotatable bonds is 4. The lowest BCUT2D eigenvalue weighted by atomic mass is 10.0. The first-order valence-electron chi connectivity index (χ1n) is 8.30. The van der Waals surface area contributed by atoms with Crippen molar-refractivity contribution in [3.05, 3.63) is 42.6 Å². The van der Waals surface area contributed by atoms with Crippen LogP contribution in [0, 0.1) is 0 Å². The number of likely N-dealkylation sites (tertiary alicyclic amines) is 1. The van der Waals surface area contributed by atoms with Crippen LogP contribution in [0.25, 0.3) is 11.2 Å². The van der Waals surface area contributed by atoms with Crippen LogP contribution in [0.4, 0.5) is 5.95 Å². The molecule has 124 valence electrons. The lowest BCUT2D eigenvalue weighted by molar-refractivity contribution is 0.211. The molecule has 1 aliphatic heterocycles. The molecular weight excluding hydrogens is 302 g/mol. The number of anilines is 1. The van der Waals surface area contributed by atoms with E-state index in [0.29, 0.717) is 12.0 Å². The van der Waals surface area contributed by atoms with Crippen molar-refractivity contribution >= 4 is 17.1 Å². The smallest absolute Gasteiger partial charge is 0.224 e. The van der Waals surface area contributed by atoms with E-state index in [2.05, 4.69) is 36.2 Å². The van der Waals surface area contributed by atoms with Crippen molar-refractivity contribution in [2.24, 2.45) is 7.05 Å². The van der Waals surface area contributed by atoms with Crippen molar-refractivity contribution in [2.75, 3.05) is 18.4 Å². The van der Waals surface area contributed by atoms with Gasteiger partial charge in [0.25, 0.3) is 0 Å². The van der Waals surface area contributed by atoms with E-state index in [4.69, 9.17) is 0 Å². The van der Waals surface area contributed by atoms with Gasteiger partial charge in [0, 0.05) is 45.1 Å². The monoisotopic (exact) mass is 323 g/mol. The summed E-state index contributed by atoms with van der Waals surface area (Å²) in [5.41, 5.74) is 2.96. The second kappa shape index (κ2) is 6.52. The molecule has 0 atom stereocenters. The molecule has 4 rings (SSSR count). The van der Waals surface area contributed by atoms with Crippen molar-refractivity contribution in [3.63, 3.8) is 0 Å². The fraction of sp³-hybridized carbons (Fsp3) is 0.412. The van der Waals surface area contributed by atoms with E-state index in [-0.39, 0.29) is 0 Å². The zero-order valence-corrected chi connectivity index (χ0v) is 13.8. The van der Waals surface area contributed by atoms with E-state index < -0.39 is 0 Å². The molecule has 1 fully saturated rings. The molecule has 3 aromatic heterocycles. The molecule has 0 aromatic carbocycles. The van der Waals surface area contributed by atoms with E-state index in [1.165, 1.54) is 5.56 Å². The topological polar surface area (TPSA) is 71.8 Å². The average molecular weight is 323 g/mol. The first-order chi connectivity index (χ1) is 11.8. The highest BCUT2D eigenvalue weighted by Gasteiger charge is 2.20. The van der Waals surface area contributed by atoms with Gasteiger partial charge in [0.15, 0.2) is 5.65 Å². The summed E-state index contributed by atoms with van der Waals surface area (Å²) in [5, 5.41) is 3.47. The Bertz CT molecular complexity index is 806. The second-order valence-corrected chi connectivity index (χ2v) is 6.31. The number of nitrogens with one attached hydrogen (secondary N) is 1. The Morgan fingerprint density at radius 2 is 2.08 bits per heavy atom. The number of nitrogens with zero attached hydrogens (tertiary/aromatic N) is 6. The molecule has 4 heterocycles. The van der Waals surface area contributed by atoms with Gasteiger partial charge in [-0.25, -0.2) is 9.97 Å². The highest BCUT2D eigenvalue weighted by atomic mass is 15.2. The first kappa shape index (κ1) is 15.0. The van der Waals surface area contributed by atoms with Crippen LogP contribution in [0.3, 0.4) is 0 Å². The highest BCUT2D eigenvalue weighted by Crippen LogP contribution is 2.17. The molecule has 0 bridgehead atoms. The molecule has 0 amide bonds. The Labute approximate surface area is 140 Å². The first-order valence-corrected chi connectivity index (χ1v) is 8.30. The molecule has 7 heteroatoms. The highest BCUT2D eigenvalue weighted by molar-refractivity contribution is 5.70. The summed E-state index contributed by atoms with van der Waals surface area (Å²) < 4.78 is 1.92. The fourth-order valence-electron chi connectivity index (χ4n) is 3.16. The lowest BCUT2D eigenvalue weighted by Crippen LogP contribution is -2.39. The van der Waals surface area contributed by atoms with Gasteiger partial charge in [0.05, 0.1) is 12.5 Å². The molecule has 0 aliphatic carbocycles. The second-order valence-electron chi connectivity index (χ2n) is 6.31. The Morgan fingerprint density at radius 3 is 2.88 bits per heavy atom. The molecule has 7 nitrogen and oxygen atoms in total. The fourth-order valence-corrected chi connectivity index (χ4v) is 3.16. The minimum atomic E-state index is 0.417. The number of aromatic nitrogens is 5. The van der Waals surface area contributed by atoms with Gasteiger partial charge >= 0.3 is 0 Å². The molecule has 1 aliphatic rings. The van der Waals surface area contributed by atoms with E-state index in [1.807, 2.05) is 30.1 Å². The van der Waals surface area contributed by atoms with Gasteiger partial charge in [-0.2, -0.15) is 4.98 Å². The van der Waals surface area contributed by atoms with Gasteiger partial charge in [0.2, 0.25) is 5.95 Å². The standard InChI is InChI=1S/C17H21N7/c1-23-12-20-15-10-19-17(22-16(15)23)21-14-4-7-24(8-5-14)11-13-3-2-6-18-9-13/h2-3,6,9-10,12,14H,4-5,7-8,11H2,1H3,(H,19,21,22). The number of pyridine rings is 1. The average Bonchev–Trinajstić information content (AvgIpc) is 2.98. The Morgan fingerprint density at radius 1 is 1.21 bits per heavy atom. The van der Waals surface area contributed by atoms with Crippen LogP contribution >= 0.6 is 0 Å². The molecule has 0 spiro atoms. The summed E-state index contributed by atoms with van der Waals surface area (Å²) in [6.45, 7) is 3.11. The SMILES string of the molecule is Cn1cnc2cnc(NC3CCN(Cc4cccnc4)CC3)nc21. The third kappa shape index (κ3) is 3.21. The summed E-state index contributed by atoms with van der Waals surface area (Å²) in [6, 6.07) is 4.55. The van der Waals surface area contributed by atoms with Gasteiger partial charge in [0.1, 0.15) is 5.52 Å². The van der Waals surface area contributed by atoms with Gasteiger partial charge in [-0.05, 0) is 24.5 Å². The molecule has 3 aromatic rings. The van der Waals surface area contributed by atoms with Crippen LogP contribution in [0.1, 0.15) is 18.4 Å². The van der Waals surface area contributed by atoms with Crippen LogP contribution in [0.5, 0.6) is 0 Å². The van der Waals surface area contributed by atoms with Crippen LogP contribution in [0.2, 0.25) is 0 Å². The number of hydrogen-bond acceptors (Lipinski definition) is 6. The van der Waals surface area contributed by atoms with Crippen LogP contribution < -0.4 is 5.32 Å². The Balaban J connectivity index is 1.34. The maximum Gasteiger partial charge on any atom is 0.224 e. The maximum atomic E-state index is 4.57.